The van der Waals surface area contributed by atoms with Crippen LogP contribution in [0.2, 0.25) is 0 Å². The van der Waals surface area contributed by atoms with Crippen molar-refractivity contribution in [2.45, 2.75) is 12.8 Å². The third kappa shape index (κ3) is 2.95. The molecule has 0 aromatic heterocycles. The molecule has 0 spiro atoms. The third-order valence-corrected chi connectivity index (χ3v) is 3.98. The van der Waals surface area contributed by atoms with Gasteiger partial charge in [0.1, 0.15) is 5.82 Å². The van der Waals surface area contributed by atoms with E-state index in [0.29, 0.717) is 13.1 Å². The van der Waals surface area contributed by atoms with Gasteiger partial charge in [-0.25, -0.2) is 4.39 Å². The third-order valence-electron chi connectivity index (χ3n) is 3.98. The zero-order chi connectivity index (χ0) is 13.2. The molecule has 2 aliphatic rings. The van der Waals surface area contributed by atoms with Gasteiger partial charge in [0, 0.05) is 32.7 Å². The Morgan fingerprint density at radius 3 is 2.47 bits per heavy atom. The molecule has 3 nitrogen and oxygen atoms in total. The van der Waals surface area contributed by atoms with Crippen LogP contribution >= 0.6 is 0 Å². The summed E-state index contributed by atoms with van der Waals surface area (Å²) in [5, 5.41) is 0. The normalized spacial score (nSPS) is 20.6. The van der Waals surface area contributed by atoms with Crippen molar-refractivity contribution in [1.82, 2.24) is 9.80 Å². The number of rotatable bonds is 3. The van der Waals surface area contributed by atoms with Crippen LogP contribution in [0.25, 0.3) is 0 Å². The van der Waals surface area contributed by atoms with Crippen LogP contribution in [0.1, 0.15) is 23.2 Å². The molecule has 1 saturated heterocycles. The number of benzene rings is 1. The molecule has 1 aliphatic heterocycles. The molecule has 0 atom stereocenters. The first-order chi connectivity index (χ1) is 9.24. The van der Waals surface area contributed by atoms with Crippen molar-refractivity contribution in [3.05, 3.63) is 35.6 Å². The van der Waals surface area contributed by atoms with Crippen LogP contribution in [0.3, 0.4) is 0 Å². The summed E-state index contributed by atoms with van der Waals surface area (Å²) in [6.07, 6.45) is 2.71. The Labute approximate surface area is 113 Å². The molecule has 1 aromatic rings. The van der Waals surface area contributed by atoms with Gasteiger partial charge in [0.25, 0.3) is 5.91 Å². The van der Waals surface area contributed by atoms with Crippen LogP contribution in [0.5, 0.6) is 0 Å². The van der Waals surface area contributed by atoms with E-state index in [1.165, 1.54) is 25.5 Å². The first-order valence-electron chi connectivity index (χ1n) is 7.00. The van der Waals surface area contributed by atoms with Crippen LogP contribution in [0.15, 0.2) is 24.3 Å². The second kappa shape index (κ2) is 5.29. The lowest BCUT2D eigenvalue weighted by atomic mass is 10.1. The molecule has 0 N–H and O–H groups in total. The topological polar surface area (TPSA) is 23.6 Å². The lowest BCUT2D eigenvalue weighted by Gasteiger charge is -2.34. The fourth-order valence-corrected chi connectivity index (χ4v) is 2.60. The molecule has 1 aromatic carbocycles. The Bertz CT molecular complexity index is 465. The zero-order valence-electron chi connectivity index (χ0n) is 11.0. The highest BCUT2D eigenvalue weighted by atomic mass is 19.1. The van der Waals surface area contributed by atoms with E-state index < -0.39 is 5.82 Å². The minimum absolute atomic E-state index is 0.177. The molecule has 1 aliphatic carbocycles. The number of hydrogen-bond donors (Lipinski definition) is 0. The summed E-state index contributed by atoms with van der Waals surface area (Å²) in [6.45, 7) is 4.41. The molecule has 3 rings (SSSR count). The molecule has 0 bridgehead atoms. The van der Waals surface area contributed by atoms with Crippen molar-refractivity contribution in [3.63, 3.8) is 0 Å². The van der Waals surface area contributed by atoms with E-state index >= 15 is 0 Å². The van der Waals surface area contributed by atoms with Crippen molar-refractivity contribution in [1.29, 1.82) is 0 Å². The maximum absolute atomic E-state index is 13.6. The van der Waals surface area contributed by atoms with E-state index in [-0.39, 0.29) is 11.5 Å². The van der Waals surface area contributed by atoms with Crippen molar-refractivity contribution in [2.75, 3.05) is 32.7 Å². The molecule has 1 heterocycles. The molecule has 0 unspecified atom stereocenters. The predicted molar refractivity (Wildman–Crippen MR) is 71.5 cm³/mol. The first kappa shape index (κ1) is 12.6. The largest absolute Gasteiger partial charge is 0.336 e. The van der Waals surface area contributed by atoms with E-state index in [1.54, 1.807) is 23.1 Å². The average Bonchev–Trinajstić information content (AvgIpc) is 3.23. The van der Waals surface area contributed by atoms with Gasteiger partial charge >= 0.3 is 0 Å². The standard InChI is InChI=1S/C15H19FN2O/c16-14-4-2-1-3-13(14)15(19)18-9-7-17(8-10-18)11-12-5-6-12/h1-4,12H,5-11H2. The number of nitrogens with zero attached hydrogens (tertiary/aromatic N) is 2. The monoisotopic (exact) mass is 262 g/mol. The van der Waals surface area contributed by atoms with Gasteiger partial charge in [-0.15, -0.1) is 0 Å². The van der Waals surface area contributed by atoms with Crippen molar-refractivity contribution >= 4 is 5.91 Å². The Morgan fingerprint density at radius 2 is 1.84 bits per heavy atom. The quantitative estimate of drug-likeness (QED) is 0.831. The smallest absolute Gasteiger partial charge is 0.256 e. The zero-order valence-corrected chi connectivity index (χ0v) is 11.0. The van der Waals surface area contributed by atoms with Crippen LogP contribution in [-0.2, 0) is 0 Å². The summed E-state index contributed by atoms with van der Waals surface area (Å²) in [6, 6.07) is 6.23. The highest BCUT2D eigenvalue weighted by Crippen LogP contribution is 2.30. The fourth-order valence-electron chi connectivity index (χ4n) is 2.60. The van der Waals surface area contributed by atoms with Crippen molar-refractivity contribution in [2.24, 2.45) is 5.92 Å². The highest BCUT2D eigenvalue weighted by molar-refractivity contribution is 5.94. The molecule has 102 valence electrons. The van der Waals surface area contributed by atoms with Gasteiger partial charge in [0.15, 0.2) is 0 Å². The number of halogens is 1. The Balaban J connectivity index is 1.58. The van der Waals surface area contributed by atoms with E-state index in [4.69, 9.17) is 0 Å². The molecule has 4 heteroatoms. The Morgan fingerprint density at radius 1 is 1.16 bits per heavy atom. The number of carbonyl (C=O) groups excluding carboxylic acids is 1. The number of amides is 1. The highest BCUT2D eigenvalue weighted by Gasteiger charge is 2.28. The second-order valence-electron chi connectivity index (χ2n) is 5.52. The van der Waals surface area contributed by atoms with E-state index in [1.807, 2.05) is 0 Å². The van der Waals surface area contributed by atoms with E-state index in [9.17, 15) is 9.18 Å². The van der Waals surface area contributed by atoms with Gasteiger partial charge in [-0.05, 0) is 30.9 Å². The molecule has 1 saturated carbocycles. The lowest BCUT2D eigenvalue weighted by molar-refractivity contribution is 0.0627. The fraction of sp³-hybridized carbons (Fsp3) is 0.533. The predicted octanol–water partition coefficient (Wildman–Crippen LogP) is 1.99. The van der Waals surface area contributed by atoms with Crippen molar-refractivity contribution < 1.29 is 9.18 Å². The summed E-state index contributed by atoms with van der Waals surface area (Å²) in [4.78, 5) is 16.4. The van der Waals surface area contributed by atoms with Crippen LogP contribution < -0.4 is 0 Å². The minimum atomic E-state index is -0.423. The van der Waals surface area contributed by atoms with Gasteiger partial charge in [-0.3, -0.25) is 9.69 Å². The van der Waals surface area contributed by atoms with Gasteiger partial charge in [0.05, 0.1) is 5.56 Å². The summed E-state index contributed by atoms with van der Waals surface area (Å²) in [7, 11) is 0. The molecule has 19 heavy (non-hydrogen) atoms. The van der Waals surface area contributed by atoms with Crippen LogP contribution in [0.4, 0.5) is 4.39 Å². The van der Waals surface area contributed by atoms with E-state index in [2.05, 4.69) is 4.90 Å². The Hall–Kier alpha value is -1.42. The van der Waals surface area contributed by atoms with Crippen LogP contribution in [0, 0.1) is 11.7 Å². The lowest BCUT2D eigenvalue weighted by Crippen LogP contribution is -2.49. The van der Waals surface area contributed by atoms with Gasteiger partial charge in [-0.1, -0.05) is 12.1 Å². The first-order valence-corrected chi connectivity index (χ1v) is 7.00. The van der Waals surface area contributed by atoms with Crippen molar-refractivity contribution in [3.8, 4) is 0 Å². The molecular weight excluding hydrogens is 243 g/mol. The second-order valence-corrected chi connectivity index (χ2v) is 5.52. The maximum Gasteiger partial charge on any atom is 0.256 e. The summed E-state index contributed by atoms with van der Waals surface area (Å²) >= 11 is 0. The Kier molecular flexibility index (Phi) is 3.51. The summed E-state index contributed by atoms with van der Waals surface area (Å²) < 4.78 is 13.6. The van der Waals surface area contributed by atoms with Gasteiger partial charge in [0.2, 0.25) is 0 Å². The average molecular weight is 262 g/mol. The molecule has 0 radical (unpaired) electrons. The number of carbonyl (C=O) groups is 1. The summed E-state index contributed by atoms with van der Waals surface area (Å²) in [5.41, 5.74) is 0.193. The van der Waals surface area contributed by atoms with Gasteiger partial charge < -0.3 is 4.90 Å². The van der Waals surface area contributed by atoms with Crippen LogP contribution in [-0.4, -0.2) is 48.4 Å². The number of piperazine rings is 1. The SMILES string of the molecule is O=C(c1ccccc1F)N1CCN(CC2CC2)CC1. The minimum Gasteiger partial charge on any atom is -0.336 e. The number of hydrogen-bond acceptors (Lipinski definition) is 2. The van der Waals surface area contributed by atoms with Gasteiger partial charge in [-0.2, -0.15) is 0 Å². The molecule has 2 fully saturated rings. The summed E-state index contributed by atoms with van der Waals surface area (Å²) in [5.74, 6) is 0.283. The van der Waals surface area contributed by atoms with E-state index in [0.717, 1.165) is 19.0 Å². The molecule has 1 amide bonds. The molecular formula is C15H19FN2O. The maximum atomic E-state index is 13.6.